The largest absolute Gasteiger partial charge is 0.378 e. The number of nitrogens with one attached hydrogen (secondary N) is 2. The molecule has 1 aromatic heterocycles. The van der Waals surface area contributed by atoms with Crippen molar-refractivity contribution in [2.45, 2.75) is 59.0 Å². The molecule has 0 bridgehead atoms. The van der Waals surface area contributed by atoms with Crippen LogP contribution >= 0.6 is 0 Å². The molecule has 1 aliphatic rings. The quantitative estimate of drug-likeness (QED) is 0.233. The molecule has 4 aromatic rings. The van der Waals surface area contributed by atoms with E-state index in [4.69, 9.17) is 0 Å². The van der Waals surface area contributed by atoms with Gasteiger partial charge in [-0.1, -0.05) is 62.4 Å². The Morgan fingerprint density at radius 2 is 1.56 bits per heavy atom. The molecular weight excluding hydrogens is 508 g/mol. The number of hydrogen-bond acceptors (Lipinski definition) is 3. The summed E-state index contributed by atoms with van der Waals surface area (Å²) in [5, 5.41) is 4.29. The highest BCUT2D eigenvalue weighted by atomic mass is 16.2. The van der Waals surface area contributed by atoms with Gasteiger partial charge >= 0.3 is 0 Å². The molecule has 1 heterocycles. The monoisotopic (exact) mass is 550 g/mol. The molecule has 2 unspecified atom stereocenters. The number of carbonyl (C=O) groups is 2. The number of aromatic nitrogens is 1. The van der Waals surface area contributed by atoms with Crippen molar-refractivity contribution in [3.05, 3.63) is 95.7 Å². The highest BCUT2D eigenvalue weighted by Gasteiger charge is 2.60. The minimum atomic E-state index is -1.07. The predicted octanol–water partition coefficient (Wildman–Crippen LogP) is 7.12. The van der Waals surface area contributed by atoms with Crippen LogP contribution in [-0.2, 0) is 16.1 Å². The fourth-order valence-electron chi connectivity index (χ4n) is 6.31. The van der Waals surface area contributed by atoms with Crippen molar-refractivity contribution >= 4 is 34.1 Å². The third-order valence-corrected chi connectivity index (χ3v) is 9.06. The Labute approximate surface area is 243 Å². The van der Waals surface area contributed by atoms with Crippen molar-refractivity contribution in [2.75, 3.05) is 24.3 Å². The number of fused-ring (bicyclic) bond motifs is 1. The van der Waals surface area contributed by atoms with E-state index < -0.39 is 5.54 Å². The molecule has 1 saturated carbocycles. The highest BCUT2D eigenvalue weighted by molar-refractivity contribution is 6.00. The fraction of sp³-hybridized carbons (Fsp3) is 0.371. The molecule has 2 N–H and O–H groups in total. The minimum Gasteiger partial charge on any atom is -0.378 e. The van der Waals surface area contributed by atoms with Gasteiger partial charge in [0, 0.05) is 55.0 Å². The van der Waals surface area contributed by atoms with Gasteiger partial charge in [-0.25, -0.2) is 0 Å². The summed E-state index contributed by atoms with van der Waals surface area (Å²) in [6.07, 6.45) is 0.387. The van der Waals surface area contributed by atoms with Gasteiger partial charge in [-0.05, 0) is 79.5 Å². The van der Waals surface area contributed by atoms with Crippen molar-refractivity contribution in [3.63, 3.8) is 0 Å². The molecule has 1 fully saturated rings. The van der Waals surface area contributed by atoms with Gasteiger partial charge < -0.3 is 20.1 Å². The summed E-state index contributed by atoms with van der Waals surface area (Å²) in [5.41, 5.74) is 5.28. The fourth-order valence-corrected chi connectivity index (χ4v) is 6.31. The van der Waals surface area contributed by atoms with Crippen LogP contribution in [0.4, 0.5) is 11.4 Å². The summed E-state index contributed by atoms with van der Waals surface area (Å²) in [5.74, 6) is 0.241. The van der Waals surface area contributed by atoms with E-state index in [9.17, 15) is 9.59 Å². The number of anilines is 2. The molecule has 0 radical (unpaired) electrons. The number of amides is 2. The average Bonchev–Trinajstić information content (AvgIpc) is 3.28. The Kier molecular flexibility index (Phi) is 7.45. The van der Waals surface area contributed by atoms with E-state index in [0.717, 1.165) is 16.8 Å². The lowest BCUT2D eigenvalue weighted by atomic mass is 9.97. The van der Waals surface area contributed by atoms with Crippen molar-refractivity contribution in [1.29, 1.82) is 0 Å². The Morgan fingerprint density at radius 3 is 2.22 bits per heavy atom. The zero-order chi connectivity index (χ0) is 29.5. The molecule has 0 saturated heterocycles. The molecule has 3 aromatic carbocycles. The molecule has 41 heavy (non-hydrogen) atoms. The SMILES string of the molecule is Cc1[nH]c2ccccc2c1C1C(CC(=O)N(Cc2ccccc2)C(C)(C)C(=O)Nc2ccc(N(C)C)cc2)C1(C)C. The van der Waals surface area contributed by atoms with Gasteiger partial charge in [0.2, 0.25) is 11.8 Å². The van der Waals surface area contributed by atoms with Crippen LogP contribution in [0, 0.1) is 18.3 Å². The Bertz CT molecular complexity index is 1550. The lowest BCUT2D eigenvalue weighted by Gasteiger charge is -2.38. The minimum absolute atomic E-state index is 0.00460. The summed E-state index contributed by atoms with van der Waals surface area (Å²) in [4.78, 5) is 35.3. The van der Waals surface area contributed by atoms with Gasteiger partial charge in [0.1, 0.15) is 5.54 Å². The third-order valence-electron chi connectivity index (χ3n) is 9.06. The smallest absolute Gasteiger partial charge is 0.249 e. The predicted molar refractivity (Wildman–Crippen MR) is 168 cm³/mol. The van der Waals surface area contributed by atoms with Gasteiger partial charge in [-0.15, -0.1) is 0 Å². The second-order valence-corrected chi connectivity index (χ2v) is 12.7. The summed E-state index contributed by atoms with van der Waals surface area (Å²) in [6, 6.07) is 26.1. The lowest BCUT2D eigenvalue weighted by Crippen LogP contribution is -2.54. The molecule has 0 aliphatic heterocycles. The summed E-state index contributed by atoms with van der Waals surface area (Å²) >= 11 is 0. The van der Waals surface area contributed by atoms with Crippen LogP contribution in [0.15, 0.2) is 78.9 Å². The standard InChI is InChI=1S/C35H42N4O2/c1-23-31(27-15-11-12-16-29(27)36-23)32-28(34(32,2)3)21-30(40)39(22-24-13-9-8-10-14-24)35(4,5)33(41)37-25-17-19-26(20-18-25)38(6)7/h8-20,28,32,36H,21-22H2,1-7H3,(H,37,41). The summed E-state index contributed by atoms with van der Waals surface area (Å²) in [7, 11) is 3.96. The molecule has 214 valence electrons. The van der Waals surface area contributed by atoms with Gasteiger partial charge in [0.25, 0.3) is 0 Å². The van der Waals surface area contributed by atoms with Crippen molar-refractivity contribution in [2.24, 2.45) is 11.3 Å². The van der Waals surface area contributed by atoms with Crippen LogP contribution in [0.1, 0.15) is 56.9 Å². The maximum absolute atomic E-state index is 14.2. The molecule has 5 rings (SSSR count). The number of H-pyrrole nitrogens is 1. The first-order valence-corrected chi connectivity index (χ1v) is 14.4. The zero-order valence-corrected chi connectivity index (χ0v) is 25.3. The van der Waals surface area contributed by atoms with Crippen LogP contribution in [-0.4, -0.2) is 41.3 Å². The molecule has 0 spiro atoms. The van der Waals surface area contributed by atoms with E-state index in [1.807, 2.05) is 93.5 Å². The molecule has 2 amide bonds. The maximum atomic E-state index is 14.2. The van der Waals surface area contributed by atoms with Crippen LogP contribution < -0.4 is 10.2 Å². The third kappa shape index (κ3) is 5.48. The molecule has 6 heteroatoms. The van der Waals surface area contributed by atoms with E-state index in [2.05, 4.69) is 49.3 Å². The van der Waals surface area contributed by atoms with Crippen LogP contribution in [0.3, 0.4) is 0 Å². The number of aryl methyl sites for hydroxylation is 1. The van der Waals surface area contributed by atoms with E-state index in [-0.39, 0.29) is 29.1 Å². The van der Waals surface area contributed by atoms with Crippen molar-refractivity contribution < 1.29 is 9.59 Å². The van der Waals surface area contributed by atoms with E-state index >= 15 is 0 Å². The number of hydrogen-bond donors (Lipinski definition) is 2. The highest BCUT2D eigenvalue weighted by Crippen LogP contribution is 2.67. The van der Waals surface area contributed by atoms with Crippen LogP contribution in [0.5, 0.6) is 0 Å². The number of rotatable bonds is 9. The van der Waals surface area contributed by atoms with Crippen molar-refractivity contribution in [3.8, 4) is 0 Å². The Balaban J connectivity index is 1.40. The van der Waals surface area contributed by atoms with Crippen molar-refractivity contribution in [1.82, 2.24) is 9.88 Å². The van der Waals surface area contributed by atoms with Gasteiger partial charge in [0.05, 0.1) is 0 Å². The second kappa shape index (κ2) is 10.7. The first-order chi connectivity index (χ1) is 19.4. The summed E-state index contributed by atoms with van der Waals surface area (Å²) in [6.45, 7) is 10.7. The Hall–Kier alpha value is -4.06. The number of nitrogens with zero attached hydrogens (tertiary/aromatic N) is 2. The zero-order valence-electron chi connectivity index (χ0n) is 25.3. The van der Waals surface area contributed by atoms with Gasteiger partial charge in [-0.3, -0.25) is 9.59 Å². The number of carbonyl (C=O) groups excluding carboxylic acids is 2. The molecule has 6 nitrogen and oxygen atoms in total. The normalized spacial score (nSPS) is 17.7. The van der Waals surface area contributed by atoms with E-state index in [0.29, 0.717) is 18.7 Å². The van der Waals surface area contributed by atoms with Gasteiger partial charge in [0.15, 0.2) is 0 Å². The maximum Gasteiger partial charge on any atom is 0.249 e. The number of benzene rings is 3. The number of aromatic amines is 1. The average molecular weight is 551 g/mol. The Morgan fingerprint density at radius 1 is 0.927 bits per heavy atom. The summed E-state index contributed by atoms with van der Waals surface area (Å²) < 4.78 is 0. The first-order valence-electron chi connectivity index (χ1n) is 14.4. The first kappa shape index (κ1) is 28.5. The second-order valence-electron chi connectivity index (χ2n) is 12.7. The lowest BCUT2D eigenvalue weighted by molar-refractivity contribution is -0.144. The van der Waals surface area contributed by atoms with E-state index in [1.165, 1.54) is 16.6 Å². The number of para-hydroxylation sites is 1. The van der Waals surface area contributed by atoms with Crippen LogP contribution in [0.25, 0.3) is 10.9 Å². The van der Waals surface area contributed by atoms with E-state index in [1.54, 1.807) is 4.90 Å². The molecule has 1 aliphatic carbocycles. The molecular formula is C35H42N4O2. The molecule has 2 atom stereocenters. The van der Waals surface area contributed by atoms with Gasteiger partial charge in [-0.2, -0.15) is 0 Å². The van der Waals surface area contributed by atoms with Crippen LogP contribution in [0.2, 0.25) is 0 Å². The topological polar surface area (TPSA) is 68.4 Å².